The number of nitrogens with one attached hydrogen (secondary N) is 1. The second-order valence-electron chi connectivity index (χ2n) is 5.68. The van der Waals surface area contributed by atoms with Crippen LogP contribution in [0.15, 0.2) is 48.5 Å². The van der Waals surface area contributed by atoms with Gasteiger partial charge in [-0.3, -0.25) is 4.79 Å². The average Bonchev–Trinajstić information content (AvgIpc) is 2.54. The maximum Gasteiger partial charge on any atom is 0.416 e. The van der Waals surface area contributed by atoms with E-state index in [9.17, 15) is 18.0 Å². The number of carbonyl (C=O) groups excluding carboxylic acids is 1. The van der Waals surface area contributed by atoms with E-state index in [1.165, 1.54) is 12.1 Å². The van der Waals surface area contributed by atoms with Crippen LogP contribution in [-0.2, 0) is 6.18 Å². The predicted octanol–water partition coefficient (Wildman–Crippen LogP) is 3.90. The summed E-state index contributed by atoms with van der Waals surface area (Å²) in [5, 5.41) is 2.58. The third kappa shape index (κ3) is 5.49. The maximum absolute atomic E-state index is 12.6. The van der Waals surface area contributed by atoms with Crippen molar-refractivity contribution in [1.82, 2.24) is 4.90 Å². The fourth-order valence-electron chi connectivity index (χ4n) is 2.06. The Hall–Kier alpha value is -2.54. The zero-order valence-electron chi connectivity index (χ0n) is 13.9. The molecule has 0 heterocycles. The van der Waals surface area contributed by atoms with Gasteiger partial charge in [0, 0.05) is 12.2 Å². The minimum atomic E-state index is -4.41. The molecular formula is C18H19F3N2O2. The number of hydrogen-bond donors (Lipinski definition) is 1. The Bertz CT molecular complexity index is 713. The summed E-state index contributed by atoms with van der Waals surface area (Å²) in [5.74, 6) is -0.0195. The summed E-state index contributed by atoms with van der Waals surface area (Å²) in [4.78, 5) is 14.3. The number of alkyl halides is 3. The smallest absolute Gasteiger partial charge is 0.416 e. The largest absolute Gasteiger partial charge is 0.491 e. The monoisotopic (exact) mass is 352 g/mol. The van der Waals surface area contributed by atoms with Crippen LogP contribution in [0.4, 0.5) is 18.9 Å². The molecule has 2 aromatic carbocycles. The van der Waals surface area contributed by atoms with Gasteiger partial charge in [0.15, 0.2) is 0 Å². The Morgan fingerprint density at radius 1 is 1.08 bits per heavy atom. The SMILES string of the molecule is CN(C)CCOc1ccccc1C(=O)Nc1ccc(C(F)(F)F)cc1. The molecule has 0 aliphatic rings. The van der Waals surface area contributed by atoms with Crippen molar-refractivity contribution in [3.05, 3.63) is 59.7 Å². The Kier molecular flexibility index (Phi) is 6.03. The highest BCUT2D eigenvalue weighted by Gasteiger charge is 2.30. The second-order valence-corrected chi connectivity index (χ2v) is 5.68. The summed E-state index contributed by atoms with van der Waals surface area (Å²) in [6, 6.07) is 11.0. The molecular weight excluding hydrogens is 333 g/mol. The van der Waals surface area contributed by atoms with E-state index in [1.54, 1.807) is 24.3 Å². The van der Waals surface area contributed by atoms with E-state index in [4.69, 9.17) is 4.74 Å². The maximum atomic E-state index is 12.6. The molecule has 1 N–H and O–H groups in total. The van der Waals surface area contributed by atoms with Gasteiger partial charge in [0.05, 0.1) is 11.1 Å². The molecule has 0 fully saturated rings. The van der Waals surface area contributed by atoms with Crippen LogP contribution in [0.25, 0.3) is 0 Å². The number of nitrogens with zero attached hydrogens (tertiary/aromatic N) is 1. The van der Waals surface area contributed by atoms with Crippen LogP contribution in [-0.4, -0.2) is 38.1 Å². The Balaban J connectivity index is 2.08. The van der Waals surface area contributed by atoms with Gasteiger partial charge in [-0.1, -0.05) is 12.1 Å². The molecule has 0 bridgehead atoms. The Morgan fingerprint density at radius 3 is 2.32 bits per heavy atom. The van der Waals surface area contributed by atoms with Gasteiger partial charge in [-0.15, -0.1) is 0 Å². The molecule has 0 spiro atoms. The van der Waals surface area contributed by atoms with Gasteiger partial charge in [-0.05, 0) is 50.5 Å². The number of carbonyl (C=O) groups is 1. The van der Waals surface area contributed by atoms with Gasteiger partial charge in [0.1, 0.15) is 12.4 Å². The summed E-state index contributed by atoms with van der Waals surface area (Å²) in [6.07, 6.45) is -4.41. The number of amides is 1. The second kappa shape index (κ2) is 8.02. The number of benzene rings is 2. The fourth-order valence-corrected chi connectivity index (χ4v) is 2.06. The first-order chi connectivity index (χ1) is 11.8. The molecule has 0 saturated heterocycles. The van der Waals surface area contributed by atoms with E-state index in [0.29, 0.717) is 24.5 Å². The molecule has 4 nitrogen and oxygen atoms in total. The number of halogens is 3. The lowest BCUT2D eigenvalue weighted by atomic mass is 10.1. The van der Waals surface area contributed by atoms with Gasteiger partial charge in [-0.2, -0.15) is 13.2 Å². The van der Waals surface area contributed by atoms with Gasteiger partial charge >= 0.3 is 6.18 Å². The highest BCUT2D eigenvalue weighted by atomic mass is 19.4. The average molecular weight is 352 g/mol. The molecule has 0 atom stereocenters. The minimum Gasteiger partial charge on any atom is -0.491 e. The van der Waals surface area contributed by atoms with Crippen LogP contribution >= 0.6 is 0 Å². The molecule has 0 aliphatic heterocycles. The molecule has 0 aromatic heterocycles. The topological polar surface area (TPSA) is 41.6 Å². The number of hydrogen-bond acceptors (Lipinski definition) is 3. The first kappa shape index (κ1) is 18.8. The van der Waals surface area contributed by atoms with Gasteiger partial charge in [0.25, 0.3) is 5.91 Å². The number of likely N-dealkylation sites (N-methyl/N-ethyl adjacent to an activating group) is 1. The Labute approximate surface area is 144 Å². The van der Waals surface area contributed by atoms with Crippen molar-refractivity contribution in [2.75, 3.05) is 32.6 Å². The van der Waals surface area contributed by atoms with Gasteiger partial charge in [0.2, 0.25) is 0 Å². The Morgan fingerprint density at radius 2 is 1.72 bits per heavy atom. The van der Waals surface area contributed by atoms with Crippen molar-refractivity contribution in [1.29, 1.82) is 0 Å². The van der Waals surface area contributed by atoms with Crippen molar-refractivity contribution in [2.24, 2.45) is 0 Å². The zero-order chi connectivity index (χ0) is 18.4. The van der Waals surface area contributed by atoms with Crippen LogP contribution in [0, 0.1) is 0 Å². The third-order valence-electron chi connectivity index (χ3n) is 3.40. The minimum absolute atomic E-state index is 0.279. The molecule has 0 radical (unpaired) electrons. The van der Waals surface area contributed by atoms with Crippen LogP contribution in [0.3, 0.4) is 0 Å². The van der Waals surface area contributed by atoms with Crippen LogP contribution in [0.2, 0.25) is 0 Å². The number of anilines is 1. The van der Waals surface area contributed by atoms with E-state index >= 15 is 0 Å². The highest BCUT2D eigenvalue weighted by Crippen LogP contribution is 2.30. The van der Waals surface area contributed by atoms with E-state index in [-0.39, 0.29) is 5.69 Å². The molecule has 0 unspecified atom stereocenters. The van der Waals surface area contributed by atoms with Crippen LogP contribution < -0.4 is 10.1 Å². The molecule has 2 rings (SSSR count). The lowest BCUT2D eigenvalue weighted by Gasteiger charge is -2.14. The summed E-state index contributed by atoms with van der Waals surface area (Å²) in [6.45, 7) is 1.10. The standard InChI is InChI=1S/C18H19F3N2O2/c1-23(2)11-12-25-16-6-4-3-5-15(16)17(24)22-14-9-7-13(8-10-14)18(19,20)21/h3-10H,11-12H2,1-2H3,(H,22,24). The van der Waals surface area contributed by atoms with Gasteiger partial charge < -0.3 is 15.0 Å². The lowest BCUT2D eigenvalue weighted by molar-refractivity contribution is -0.137. The van der Waals surface area contributed by atoms with Crippen LogP contribution in [0.5, 0.6) is 5.75 Å². The quantitative estimate of drug-likeness (QED) is 0.857. The van der Waals surface area contributed by atoms with Crippen molar-refractivity contribution in [3.8, 4) is 5.75 Å². The molecule has 0 aliphatic carbocycles. The number of ether oxygens (including phenoxy) is 1. The fraction of sp³-hybridized carbons (Fsp3) is 0.278. The lowest BCUT2D eigenvalue weighted by Crippen LogP contribution is -2.20. The summed E-state index contributed by atoms with van der Waals surface area (Å²) in [5.41, 5.74) is -0.167. The molecule has 134 valence electrons. The highest BCUT2D eigenvalue weighted by molar-refractivity contribution is 6.06. The van der Waals surface area contributed by atoms with Crippen LogP contribution in [0.1, 0.15) is 15.9 Å². The number of para-hydroxylation sites is 1. The summed E-state index contributed by atoms with van der Waals surface area (Å²) in [7, 11) is 3.82. The summed E-state index contributed by atoms with van der Waals surface area (Å²) < 4.78 is 43.3. The first-order valence-electron chi connectivity index (χ1n) is 7.62. The molecule has 0 saturated carbocycles. The van der Waals surface area contributed by atoms with Crippen molar-refractivity contribution < 1.29 is 22.7 Å². The number of rotatable bonds is 6. The third-order valence-corrected chi connectivity index (χ3v) is 3.40. The van der Waals surface area contributed by atoms with E-state index < -0.39 is 17.6 Å². The van der Waals surface area contributed by atoms with E-state index in [0.717, 1.165) is 12.1 Å². The molecule has 1 amide bonds. The predicted molar refractivity (Wildman–Crippen MR) is 89.9 cm³/mol. The van der Waals surface area contributed by atoms with E-state index in [1.807, 2.05) is 19.0 Å². The zero-order valence-corrected chi connectivity index (χ0v) is 13.9. The normalized spacial score (nSPS) is 11.4. The molecule has 25 heavy (non-hydrogen) atoms. The van der Waals surface area contributed by atoms with Crippen molar-refractivity contribution >= 4 is 11.6 Å². The van der Waals surface area contributed by atoms with Crippen molar-refractivity contribution in [2.45, 2.75) is 6.18 Å². The molecule has 2 aromatic rings. The van der Waals surface area contributed by atoms with Gasteiger partial charge in [-0.25, -0.2) is 0 Å². The van der Waals surface area contributed by atoms with Crippen molar-refractivity contribution in [3.63, 3.8) is 0 Å². The summed E-state index contributed by atoms with van der Waals surface area (Å²) >= 11 is 0. The van der Waals surface area contributed by atoms with E-state index in [2.05, 4.69) is 5.32 Å². The molecule has 7 heteroatoms. The first-order valence-corrected chi connectivity index (χ1v) is 7.62.